The van der Waals surface area contributed by atoms with Crippen molar-refractivity contribution in [2.45, 2.75) is 6.42 Å². The predicted molar refractivity (Wildman–Crippen MR) is 36.9 cm³/mol. The lowest BCUT2D eigenvalue weighted by molar-refractivity contribution is 0.0995. The molecule has 0 spiro atoms. The monoisotopic (exact) mass is 148 g/mol. The van der Waals surface area contributed by atoms with Crippen molar-refractivity contribution in [2.24, 2.45) is 4.99 Å². The molecule has 1 aliphatic heterocycles. The van der Waals surface area contributed by atoms with E-state index in [-0.39, 0.29) is 5.78 Å². The number of Topliss-reactive ketones (excluding diaryl/α,β-unsaturated/α-hetero) is 1. The molecule has 5 heteroatoms. The SMILES string of the molecule is O=C1CC=Nc2nncnc21. The van der Waals surface area contributed by atoms with E-state index in [2.05, 4.69) is 20.2 Å². The van der Waals surface area contributed by atoms with Gasteiger partial charge in [-0.25, -0.2) is 9.98 Å². The Bertz CT molecular complexity index is 333. The van der Waals surface area contributed by atoms with Crippen LogP contribution in [0.15, 0.2) is 11.3 Å². The van der Waals surface area contributed by atoms with Crippen molar-refractivity contribution in [3.8, 4) is 0 Å². The Hall–Kier alpha value is -1.65. The van der Waals surface area contributed by atoms with Crippen LogP contribution in [0.2, 0.25) is 0 Å². The van der Waals surface area contributed by atoms with Crippen LogP contribution in [0, 0.1) is 0 Å². The number of ketones is 1. The predicted octanol–water partition coefficient (Wildman–Crippen LogP) is 0.160. The summed E-state index contributed by atoms with van der Waals surface area (Å²) in [6.45, 7) is 0. The smallest absolute Gasteiger partial charge is 0.203 e. The molecule has 0 N–H and O–H groups in total. The zero-order chi connectivity index (χ0) is 7.68. The summed E-state index contributed by atoms with van der Waals surface area (Å²) < 4.78 is 0. The molecule has 0 unspecified atom stereocenters. The molecular formula is C6H4N4O. The first-order chi connectivity index (χ1) is 5.38. The maximum Gasteiger partial charge on any atom is 0.203 e. The molecule has 1 aromatic rings. The third kappa shape index (κ3) is 0.899. The average molecular weight is 148 g/mol. The molecule has 0 aliphatic carbocycles. The van der Waals surface area contributed by atoms with Crippen molar-refractivity contribution in [1.29, 1.82) is 0 Å². The summed E-state index contributed by atoms with van der Waals surface area (Å²) in [5.41, 5.74) is 0.322. The first kappa shape index (κ1) is 6.09. The number of rotatable bonds is 0. The third-order valence-electron chi connectivity index (χ3n) is 1.36. The van der Waals surface area contributed by atoms with Crippen LogP contribution in [0.4, 0.5) is 5.82 Å². The van der Waals surface area contributed by atoms with Gasteiger partial charge in [-0.3, -0.25) is 4.79 Å². The van der Waals surface area contributed by atoms with Gasteiger partial charge in [0, 0.05) is 12.6 Å². The first-order valence-electron chi connectivity index (χ1n) is 3.11. The Morgan fingerprint density at radius 2 is 2.36 bits per heavy atom. The number of aromatic nitrogens is 3. The summed E-state index contributed by atoms with van der Waals surface area (Å²) in [7, 11) is 0. The van der Waals surface area contributed by atoms with Crippen LogP contribution in [-0.4, -0.2) is 27.2 Å². The fraction of sp³-hybridized carbons (Fsp3) is 0.167. The summed E-state index contributed by atoms with van der Waals surface area (Å²) in [5, 5.41) is 7.14. The number of nitrogens with zero attached hydrogens (tertiary/aromatic N) is 4. The lowest BCUT2D eigenvalue weighted by Gasteiger charge is -2.02. The van der Waals surface area contributed by atoms with E-state index >= 15 is 0 Å². The first-order valence-corrected chi connectivity index (χ1v) is 3.11. The van der Waals surface area contributed by atoms with Gasteiger partial charge in [0.25, 0.3) is 0 Å². The van der Waals surface area contributed by atoms with Gasteiger partial charge in [-0.1, -0.05) is 0 Å². The minimum Gasteiger partial charge on any atom is -0.292 e. The van der Waals surface area contributed by atoms with Gasteiger partial charge < -0.3 is 0 Å². The molecule has 2 rings (SSSR count). The maximum atomic E-state index is 11.1. The fourth-order valence-corrected chi connectivity index (χ4v) is 0.865. The van der Waals surface area contributed by atoms with E-state index in [4.69, 9.17) is 0 Å². The number of hydrogen-bond acceptors (Lipinski definition) is 5. The molecular weight excluding hydrogens is 144 g/mol. The summed E-state index contributed by atoms with van der Waals surface area (Å²) in [5.74, 6) is 0.272. The van der Waals surface area contributed by atoms with Crippen LogP contribution in [0.5, 0.6) is 0 Å². The standard InChI is InChI=1S/C6H4N4O/c11-4-1-2-7-6-5(4)8-3-9-10-6/h2-3H,1H2. The molecule has 2 heterocycles. The highest BCUT2D eigenvalue weighted by molar-refractivity contribution is 6.07. The highest BCUT2D eigenvalue weighted by Gasteiger charge is 2.16. The molecule has 0 fully saturated rings. The van der Waals surface area contributed by atoms with E-state index < -0.39 is 0 Å². The van der Waals surface area contributed by atoms with E-state index in [9.17, 15) is 4.79 Å². The molecule has 0 aromatic carbocycles. The van der Waals surface area contributed by atoms with Gasteiger partial charge in [-0.2, -0.15) is 0 Å². The third-order valence-corrected chi connectivity index (χ3v) is 1.36. The van der Waals surface area contributed by atoms with Gasteiger partial charge in [0.2, 0.25) is 5.82 Å². The van der Waals surface area contributed by atoms with E-state index in [1.165, 1.54) is 12.5 Å². The second-order valence-electron chi connectivity index (χ2n) is 2.07. The second-order valence-corrected chi connectivity index (χ2v) is 2.07. The number of carbonyl (C=O) groups is 1. The molecule has 0 saturated carbocycles. The van der Waals surface area contributed by atoms with Gasteiger partial charge in [0.05, 0.1) is 0 Å². The highest BCUT2D eigenvalue weighted by atomic mass is 16.1. The summed E-state index contributed by atoms with van der Waals surface area (Å²) in [4.78, 5) is 18.7. The Kier molecular flexibility index (Phi) is 1.21. The van der Waals surface area contributed by atoms with Crippen molar-refractivity contribution >= 4 is 17.8 Å². The van der Waals surface area contributed by atoms with Crippen molar-refractivity contribution in [2.75, 3.05) is 0 Å². The molecule has 11 heavy (non-hydrogen) atoms. The van der Waals surface area contributed by atoms with Crippen LogP contribution in [0.1, 0.15) is 16.9 Å². The Labute approximate surface area is 62.2 Å². The normalized spacial score (nSPS) is 14.7. The Morgan fingerprint density at radius 1 is 1.45 bits per heavy atom. The van der Waals surface area contributed by atoms with E-state index in [0.717, 1.165) is 0 Å². The lowest BCUT2D eigenvalue weighted by atomic mass is 10.2. The average Bonchev–Trinajstić information content (AvgIpc) is 2.06. The van der Waals surface area contributed by atoms with Crippen molar-refractivity contribution in [3.05, 3.63) is 12.0 Å². The van der Waals surface area contributed by atoms with E-state index in [0.29, 0.717) is 17.9 Å². The molecule has 1 aliphatic rings. The van der Waals surface area contributed by atoms with Crippen LogP contribution < -0.4 is 0 Å². The lowest BCUT2D eigenvalue weighted by Crippen LogP contribution is -2.08. The van der Waals surface area contributed by atoms with Gasteiger partial charge in [0.15, 0.2) is 11.5 Å². The van der Waals surface area contributed by atoms with Gasteiger partial charge in [0.1, 0.15) is 6.33 Å². The summed E-state index contributed by atoms with van der Waals surface area (Å²) in [6, 6.07) is 0. The van der Waals surface area contributed by atoms with Gasteiger partial charge in [-0.05, 0) is 0 Å². The summed E-state index contributed by atoms with van der Waals surface area (Å²) in [6.07, 6.45) is 3.07. The summed E-state index contributed by atoms with van der Waals surface area (Å²) >= 11 is 0. The fourth-order valence-electron chi connectivity index (χ4n) is 0.865. The van der Waals surface area contributed by atoms with Crippen molar-refractivity contribution < 1.29 is 4.79 Å². The number of carbonyl (C=O) groups excluding carboxylic acids is 1. The molecule has 5 nitrogen and oxygen atoms in total. The number of fused-ring (bicyclic) bond motifs is 1. The van der Waals surface area contributed by atoms with Gasteiger partial charge >= 0.3 is 0 Å². The zero-order valence-electron chi connectivity index (χ0n) is 5.56. The van der Waals surface area contributed by atoms with Crippen LogP contribution in [0.3, 0.4) is 0 Å². The van der Waals surface area contributed by atoms with Crippen LogP contribution in [0.25, 0.3) is 0 Å². The highest BCUT2D eigenvalue weighted by Crippen LogP contribution is 2.16. The number of aliphatic imine (C=N–C) groups is 1. The van der Waals surface area contributed by atoms with E-state index in [1.807, 2.05) is 0 Å². The van der Waals surface area contributed by atoms with E-state index in [1.54, 1.807) is 0 Å². The van der Waals surface area contributed by atoms with Gasteiger partial charge in [-0.15, -0.1) is 10.2 Å². The maximum absolute atomic E-state index is 11.1. The molecule has 0 bridgehead atoms. The Morgan fingerprint density at radius 3 is 3.18 bits per heavy atom. The molecule has 0 saturated heterocycles. The van der Waals surface area contributed by atoms with Crippen molar-refractivity contribution in [3.63, 3.8) is 0 Å². The molecule has 54 valence electrons. The van der Waals surface area contributed by atoms with Crippen LogP contribution in [-0.2, 0) is 0 Å². The molecule has 0 radical (unpaired) electrons. The molecule has 0 atom stereocenters. The molecule has 1 aromatic heterocycles. The minimum atomic E-state index is -0.0510. The van der Waals surface area contributed by atoms with Crippen molar-refractivity contribution in [1.82, 2.24) is 15.2 Å². The second kappa shape index (κ2) is 2.19. The van der Waals surface area contributed by atoms with Crippen LogP contribution >= 0.6 is 0 Å². The number of hydrogen-bond donors (Lipinski definition) is 0. The quantitative estimate of drug-likeness (QED) is 0.525. The molecule has 0 amide bonds. The topological polar surface area (TPSA) is 68.1 Å². The Balaban J connectivity index is 2.63. The minimum absolute atomic E-state index is 0.0510. The zero-order valence-corrected chi connectivity index (χ0v) is 5.56. The largest absolute Gasteiger partial charge is 0.292 e.